The van der Waals surface area contributed by atoms with Crippen LogP contribution in [0.2, 0.25) is 0 Å². The van der Waals surface area contributed by atoms with Gasteiger partial charge in [0.2, 0.25) is 5.95 Å². The molecule has 1 amide bonds. The van der Waals surface area contributed by atoms with E-state index in [2.05, 4.69) is 21.0 Å². The van der Waals surface area contributed by atoms with Crippen molar-refractivity contribution in [3.05, 3.63) is 72.1 Å². The monoisotopic (exact) mass is 419 g/mol. The van der Waals surface area contributed by atoms with Crippen molar-refractivity contribution in [2.45, 2.75) is 19.0 Å². The Balaban J connectivity index is 1.64. The van der Waals surface area contributed by atoms with Gasteiger partial charge in [0.15, 0.2) is 0 Å². The summed E-state index contributed by atoms with van der Waals surface area (Å²) < 4.78 is 5.02. The van der Waals surface area contributed by atoms with Gasteiger partial charge in [-0.3, -0.25) is 0 Å². The van der Waals surface area contributed by atoms with Gasteiger partial charge < -0.3 is 14.7 Å². The molecule has 1 aromatic heterocycles. The zero-order chi connectivity index (χ0) is 22.0. The summed E-state index contributed by atoms with van der Waals surface area (Å²) in [6.07, 6.45) is 1.02. The zero-order valence-corrected chi connectivity index (χ0v) is 17.1. The summed E-state index contributed by atoms with van der Waals surface area (Å²) in [5.41, 5.74) is 2.00. The molecule has 0 spiro atoms. The van der Waals surface area contributed by atoms with E-state index in [-0.39, 0.29) is 11.9 Å². The fraction of sp³-hybridized carbons (Fsp3) is 0.227. The molecule has 1 aliphatic rings. The molecule has 4 rings (SSSR count). The van der Waals surface area contributed by atoms with Crippen LogP contribution in [0.1, 0.15) is 11.1 Å². The Kier molecular flexibility index (Phi) is 5.35. The Morgan fingerprint density at radius 3 is 2.55 bits per heavy atom. The Morgan fingerprint density at radius 1 is 1.13 bits per heavy atom. The number of hydrogen-bond acceptors (Lipinski definition) is 7. The third-order valence-corrected chi connectivity index (χ3v) is 5.19. The summed E-state index contributed by atoms with van der Waals surface area (Å²) >= 11 is 0. The van der Waals surface area contributed by atoms with Gasteiger partial charge in [0, 0.05) is 13.0 Å². The van der Waals surface area contributed by atoms with Gasteiger partial charge in [-0.25, -0.2) is 9.78 Å². The molecular formula is C22H21N5O4+. The number of aliphatic carboxylic acids is 1. The number of carbonyl (C=O) groups is 2. The van der Waals surface area contributed by atoms with Gasteiger partial charge in [-0.2, -0.15) is 14.3 Å². The number of quaternary nitrogens is 1. The number of nitrogens with zero attached hydrogens (tertiary/aromatic N) is 5. The predicted octanol–water partition coefficient (Wildman–Crippen LogP) is 2.45. The molecule has 1 atom stereocenters. The Labute approximate surface area is 179 Å². The predicted molar refractivity (Wildman–Crippen MR) is 113 cm³/mol. The number of ether oxygens (including phenoxy) is 1. The lowest BCUT2D eigenvalue weighted by Gasteiger charge is -2.34. The van der Waals surface area contributed by atoms with E-state index in [9.17, 15) is 14.7 Å². The van der Waals surface area contributed by atoms with Crippen molar-refractivity contribution in [2.24, 2.45) is 0 Å². The van der Waals surface area contributed by atoms with Gasteiger partial charge in [0.25, 0.3) is 0 Å². The van der Waals surface area contributed by atoms with E-state index in [0.29, 0.717) is 18.7 Å². The van der Waals surface area contributed by atoms with Crippen molar-refractivity contribution in [1.29, 1.82) is 0 Å². The summed E-state index contributed by atoms with van der Waals surface area (Å²) in [6.45, 7) is 0.342. The molecular weight excluding hydrogens is 398 g/mol. The smallest absolute Gasteiger partial charge is 0.480 e. The number of benzene rings is 2. The standard InChI is InChI=1S/C22H20N5O4/c1-27(2,22(30)31-17-10-4-3-5-11-17)21-24-14-23-20(25-21)26-13-16-9-7-6-8-15(16)12-18(26)19(28)29/h4-11,14,18H,12-13H2,1-2H3/p+1. The minimum atomic E-state index is -0.967. The van der Waals surface area contributed by atoms with Gasteiger partial charge in [-0.05, 0) is 29.3 Å². The van der Waals surface area contributed by atoms with Crippen LogP contribution in [-0.2, 0) is 17.8 Å². The third kappa shape index (κ3) is 4.08. The molecule has 1 radical (unpaired) electrons. The van der Waals surface area contributed by atoms with E-state index in [4.69, 9.17) is 4.74 Å². The van der Waals surface area contributed by atoms with Crippen LogP contribution in [0.3, 0.4) is 0 Å². The minimum absolute atomic E-state index is 0.139. The largest absolute Gasteiger partial charge is 0.528 e. The molecule has 9 nitrogen and oxygen atoms in total. The van der Waals surface area contributed by atoms with Gasteiger partial charge in [0.1, 0.15) is 18.1 Å². The van der Waals surface area contributed by atoms with Crippen LogP contribution in [0.15, 0.2) is 54.9 Å². The van der Waals surface area contributed by atoms with Crippen LogP contribution in [0, 0.1) is 6.07 Å². The molecule has 0 bridgehead atoms. The fourth-order valence-electron chi connectivity index (χ4n) is 3.38. The third-order valence-electron chi connectivity index (χ3n) is 5.19. The fourth-order valence-corrected chi connectivity index (χ4v) is 3.38. The van der Waals surface area contributed by atoms with Gasteiger partial charge >= 0.3 is 18.0 Å². The van der Waals surface area contributed by atoms with Crippen molar-refractivity contribution in [3.8, 4) is 5.75 Å². The van der Waals surface area contributed by atoms with E-state index < -0.39 is 22.6 Å². The first-order valence-electron chi connectivity index (χ1n) is 9.64. The average molecular weight is 419 g/mol. The minimum Gasteiger partial charge on any atom is -0.480 e. The quantitative estimate of drug-likeness (QED) is 0.643. The number of aromatic nitrogens is 3. The van der Waals surface area contributed by atoms with E-state index in [1.807, 2.05) is 24.3 Å². The highest BCUT2D eigenvalue weighted by molar-refractivity contribution is 5.82. The highest BCUT2D eigenvalue weighted by Crippen LogP contribution is 2.28. The molecule has 1 unspecified atom stereocenters. The summed E-state index contributed by atoms with van der Waals surface area (Å²) in [5, 5.41) is 9.78. The number of rotatable bonds is 4. The van der Waals surface area contributed by atoms with Crippen molar-refractivity contribution in [3.63, 3.8) is 0 Å². The molecule has 0 aliphatic carbocycles. The highest BCUT2D eigenvalue weighted by Gasteiger charge is 2.38. The second kappa shape index (κ2) is 8.11. The van der Waals surface area contributed by atoms with Crippen molar-refractivity contribution in [2.75, 3.05) is 19.0 Å². The number of carboxylic acid groups (broad SMARTS) is 1. The van der Waals surface area contributed by atoms with E-state index in [1.165, 1.54) is 6.33 Å². The van der Waals surface area contributed by atoms with Crippen molar-refractivity contribution < 1.29 is 19.4 Å². The van der Waals surface area contributed by atoms with Crippen molar-refractivity contribution >= 4 is 24.0 Å². The second-order valence-electron chi connectivity index (χ2n) is 7.60. The first-order valence-corrected chi connectivity index (χ1v) is 9.64. The average Bonchev–Trinajstić information content (AvgIpc) is 2.79. The molecule has 0 saturated carbocycles. The van der Waals surface area contributed by atoms with Gasteiger partial charge in [0.05, 0.1) is 14.1 Å². The zero-order valence-electron chi connectivity index (χ0n) is 17.1. The van der Waals surface area contributed by atoms with Gasteiger partial charge in [-0.1, -0.05) is 36.4 Å². The second-order valence-corrected chi connectivity index (χ2v) is 7.60. The maximum atomic E-state index is 12.8. The number of hydrogen-bond donors (Lipinski definition) is 1. The molecule has 2 aromatic carbocycles. The Hall–Kier alpha value is -3.85. The number of amides is 1. The molecule has 2 heterocycles. The topological polar surface area (TPSA) is 106 Å². The van der Waals surface area contributed by atoms with Crippen LogP contribution < -0.4 is 14.1 Å². The molecule has 0 fully saturated rings. The van der Waals surface area contributed by atoms with E-state index >= 15 is 0 Å². The molecule has 3 aromatic rings. The molecule has 31 heavy (non-hydrogen) atoms. The molecule has 9 heteroatoms. The van der Waals surface area contributed by atoms with E-state index in [0.717, 1.165) is 11.1 Å². The van der Waals surface area contributed by atoms with Crippen LogP contribution >= 0.6 is 0 Å². The Morgan fingerprint density at radius 2 is 1.84 bits per heavy atom. The normalized spacial score (nSPS) is 15.8. The van der Waals surface area contributed by atoms with Crippen LogP contribution in [0.25, 0.3) is 0 Å². The Bertz CT molecular complexity index is 1120. The number of carbonyl (C=O) groups excluding carboxylic acids is 1. The molecule has 1 aliphatic heterocycles. The van der Waals surface area contributed by atoms with Crippen LogP contribution in [0.4, 0.5) is 16.7 Å². The summed E-state index contributed by atoms with van der Waals surface area (Å²) in [5.74, 6) is -0.256. The number of carboxylic acids is 1. The highest BCUT2D eigenvalue weighted by atomic mass is 16.6. The summed E-state index contributed by atoms with van der Waals surface area (Å²) in [7, 11) is 3.19. The lowest BCUT2D eigenvalue weighted by Crippen LogP contribution is -2.50. The summed E-state index contributed by atoms with van der Waals surface area (Å²) in [6, 6.07) is 16.3. The molecule has 0 saturated heterocycles. The van der Waals surface area contributed by atoms with Crippen LogP contribution in [-0.4, -0.2) is 52.3 Å². The van der Waals surface area contributed by atoms with Gasteiger partial charge in [-0.15, -0.1) is 4.98 Å². The molecule has 1 N–H and O–H groups in total. The SMILES string of the molecule is C[N+](C)(C(=O)Oc1cc[c]cc1)c1ncnc(N2Cc3ccccc3CC2C(=O)O)n1. The first-order chi connectivity index (χ1) is 14.9. The number of anilines is 1. The lowest BCUT2D eigenvalue weighted by molar-refractivity contribution is -0.138. The summed E-state index contributed by atoms with van der Waals surface area (Å²) in [4.78, 5) is 39.2. The molecule has 157 valence electrons. The maximum Gasteiger partial charge on any atom is 0.528 e. The number of fused-ring (bicyclic) bond motifs is 1. The van der Waals surface area contributed by atoms with Crippen LogP contribution in [0.5, 0.6) is 5.75 Å². The van der Waals surface area contributed by atoms with Crippen molar-refractivity contribution in [1.82, 2.24) is 19.4 Å². The van der Waals surface area contributed by atoms with E-state index in [1.54, 1.807) is 43.3 Å². The lowest BCUT2D eigenvalue weighted by atomic mass is 9.94. The first kappa shape index (κ1) is 20.4. The maximum absolute atomic E-state index is 12.8.